The first kappa shape index (κ1) is 22.2. The van der Waals surface area contributed by atoms with Crippen LogP contribution in [0.3, 0.4) is 0 Å². The molecule has 2 amide bonds. The van der Waals surface area contributed by atoms with E-state index in [2.05, 4.69) is 10.7 Å². The maximum absolute atomic E-state index is 13.3. The number of hydrazone groups is 1. The Morgan fingerprint density at radius 2 is 1.64 bits per heavy atom. The molecule has 0 bridgehead atoms. The summed E-state index contributed by atoms with van der Waals surface area (Å²) >= 11 is 0. The molecule has 1 aliphatic rings. The third kappa shape index (κ3) is 4.92. The fourth-order valence-electron chi connectivity index (χ4n) is 3.79. The number of carbonyl (C=O) groups excluding carboxylic acids is 2. The molecule has 0 spiro atoms. The van der Waals surface area contributed by atoms with Crippen molar-refractivity contribution < 1.29 is 18.7 Å². The summed E-state index contributed by atoms with van der Waals surface area (Å²) in [6.07, 6.45) is 1.85. The molecule has 2 atom stereocenters. The second-order valence-electron chi connectivity index (χ2n) is 8.31. The van der Waals surface area contributed by atoms with Crippen LogP contribution in [0, 0.1) is 12.7 Å². The van der Waals surface area contributed by atoms with Crippen LogP contribution >= 0.6 is 0 Å². The van der Waals surface area contributed by atoms with Gasteiger partial charge in [-0.25, -0.2) is 4.39 Å². The van der Waals surface area contributed by atoms with Crippen molar-refractivity contribution >= 4 is 23.7 Å². The third-order valence-corrected chi connectivity index (χ3v) is 5.65. The lowest BCUT2D eigenvalue weighted by molar-refractivity contribution is -0.596. The fourth-order valence-corrected chi connectivity index (χ4v) is 3.79. The molecule has 1 aliphatic heterocycles. The molecule has 6 nitrogen and oxygen atoms in total. The molecular formula is C26H26FN4O2+. The summed E-state index contributed by atoms with van der Waals surface area (Å²) in [6, 6.07) is 19.7. The summed E-state index contributed by atoms with van der Waals surface area (Å²) in [4.78, 5) is 27.8. The van der Waals surface area contributed by atoms with Crippen molar-refractivity contribution in [3.8, 4) is 0 Å². The highest BCUT2D eigenvalue weighted by atomic mass is 19.1. The van der Waals surface area contributed by atoms with Gasteiger partial charge in [-0.2, -0.15) is 0 Å². The molecule has 3 aromatic rings. The smallest absolute Gasteiger partial charge is 0.304 e. The Labute approximate surface area is 192 Å². The summed E-state index contributed by atoms with van der Waals surface area (Å²) in [5, 5.41) is 2.83. The van der Waals surface area contributed by atoms with Crippen LogP contribution in [0.4, 0.5) is 10.1 Å². The molecule has 0 aliphatic carbocycles. The van der Waals surface area contributed by atoms with Gasteiger partial charge in [0.1, 0.15) is 5.82 Å². The van der Waals surface area contributed by atoms with E-state index in [4.69, 9.17) is 0 Å². The molecule has 1 heterocycles. The van der Waals surface area contributed by atoms with E-state index in [9.17, 15) is 14.0 Å². The topological polar surface area (TPSA) is 64.5 Å². The highest BCUT2D eigenvalue weighted by Gasteiger charge is 2.47. The second kappa shape index (κ2) is 9.24. The van der Waals surface area contributed by atoms with Crippen LogP contribution in [0.5, 0.6) is 0 Å². The Hall–Kier alpha value is -4.00. The Bertz CT molecular complexity index is 1190. The Morgan fingerprint density at radius 3 is 2.24 bits per heavy atom. The molecule has 2 N–H and O–H groups in total. The van der Waals surface area contributed by atoms with Crippen LogP contribution in [-0.4, -0.2) is 42.9 Å². The summed E-state index contributed by atoms with van der Waals surface area (Å²) in [5.41, 5.74) is 7.11. The monoisotopic (exact) mass is 445 g/mol. The minimum Gasteiger partial charge on any atom is -0.378 e. The van der Waals surface area contributed by atoms with E-state index in [0.29, 0.717) is 0 Å². The zero-order valence-electron chi connectivity index (χ0n) is 18.7. The van der Waals surface area contributed by atoms with Gasteiger partial charge in [0.15, 0.2) is 6.04 Å². The normalized spacial score (nSPS) is 18.8. The minimum absolute atomic E-state index is 0.286. The number of nitrogens with one attached hydrogen (secondary N) is 2. The lowest BCUT2D eigenvalue weighted by atomic mass is 9.98. The molecule has 4 rings (SSSR count). The zero-order chi connectivity index (χ0) is 23.5. The molecule has 168 valence electrons. The molecule has 33 heavy (non-hydrogen) atoms. The molecule has 0 radical (unpaired) electrons. The third-order valence-electron chi connectivity index (χ3n) is 5.65. The van der Waals surface area contributed by atoms with E-state index in [1.807, 2.05) is 80.7 Å². The standard InChI is InChI=1S/C26H25FN4O2/c1-17-4-8-19(9-5-17)24-23(28-25(32)20-10-12-21(27)13-11-20)26(33)29-31(24)16-18-6-14-22(15-7-18)30(2)3/h4-16,23-24H,1-3H3,(H-,28,29,32,33)/p+1. The molecule has 3 aromatic carbocycles. The average Bonchev–Trinajstić information content (AvgIpc) is 3.09. The fraction of sp³-hybridized carbons (Fsp3) is 0.192. The van der Waals surface area contributed by atoms with E-state index >= 15 is 0 Å². The maximum atomic E-state index is 13.3. The van der Waals surface area contributed by atoms with Crippen molar-refractivity contribution in [1.29, 1.82) is 0 Å². The van der Waals surface area contributed by atoms with Crippen LogP contribution in [0.1, 0.15) is 33.1 Å². The number of amides is 2. The van der Waals surface area contributed by atoms with Crippen molar-refractivity contribution in [2.24, 2.45) is 0 Å². The second-order valence-corrected chi connectivity index (χ2v) is 8.31. The van der Waals surface area contributed by atoms with Gasteiger partial charge in [-0.3, -0.25) is 9.59 Å². The van der Waals surface area contributed by atoms with Gasteiger partial charge in [-0.1, -0.05) is 29.8 Å². The largest absolute Gasteiger partial charge is 0.378 e. The summed E-state index contributed by atoms with van der Waals surface area (Å²) in [6.45, 7) is 1.99. The van der Waals surface area contributed by atoms with Crippen molar-refractivity contribution in [3.05, 3.63) is 101 Å². The number of rotatable bonds is 5. The number of hydrogen-bond acceptors (Lipinski definition) is 3. The van der Waals surface area contributed by atoms with E-state index in [1.165, 1.54) is 24.3 Å². The van der Waals surface area contributed by atoms with Gasteiger partial charge >= 0.3 is 5.91 Å². The molecule has 0 saturated carbocycles. The number of benzene rings is 3. The Balaban J connectivity index is 1.68. The van der Waals surface area contributed by atoms with Gasteiger partial charge < -0.3 is 10.2 Å². The highest BCUT2D eigenvalue weighted by molar-refractivity contribution is 5.98. The van der Waals surface area contributed by atoms with Gasteiger partial charge in [0.2, 0.25) is 12.3 Å². The number of hydrogen-bond donors (Lipinski definition) is 2. The van der Waals surface area contributed by atoms with Crippen LogP contribution in [0.2, 0.25) is 0 Å². The molecular weight excluding hydrogens is 419 g/mol. The lowest BCUT2D eigenvalue weighted by Crippen LogP contribution is -2.42. The van der Waals surface area contributed by atoms with Crippen molar-refractivity contribution in [1.82, 2.24) is 10.7 Å². The molecule has 0 aromatic heterocycles. The first-order valence-electron chi connectivity index (χ1n) is 10.7. The quantitative estimate of drug-likeness (QED) is 0.593. The first-order valence-corrected chi connectivity index (χ1v) is 10.7. The molecule has 1 fully saturated rings. The van der Waals surface area contributed by atoms with Gasteiger partial charge in [-0.15, -0.1) is 10.1 Å². The van der Waals surface area contributed by atoms with Crippen molar-refractivity contribution in [3.63, 3.8) is 0 Å². The predicted octanol–water partition coefficient (Wildman–Crippen LogP) is 3.22. The van der Waals surface area contributed by atoms with E-state index < -0.39 is 23.8 Å². The Kier molecular flexibility index (Phi) is 6.22. The van der Waals surface area contributed by atoms with Crippen molar-refractivity contribution in [2.45, 2.75) is 19.0 Å². The minimum atomic E-state index is -0.831. The van der Waals surface area contributed by atoms with E-state index in [1.54, 1.807) is 4.68 Å². The summed E-state index contributed by atoms with van der Waals surface area (Å²) in [7, 11) is 3.95. The predicted molar refractivity (Wildman–Crippen MR) is 126 cm³/mol. The van der Waals surface area contributed by atoms with Gasteiger partial charge in [0.05, 0.1) is 0 Å². The first-order chi connectivity index (χ1) is 15.8. The SMILES string of the molecule is Cc1ccc(C2C(NC(=O)c3ccc(F)cc3)C(=O)N/[N+]2=C\c2ccc(N(C)C)cc2)cc1. The van der Waals surface area contributed by atoms with Crippen LogP contribution in [-0.2, 0) is 4.79 Å². The van der Waals surface area contributed by atoms with Gasteiger partial charge in [0.25, 0.3) is 5.91 Å². The number of carbonyl (C=O) groups is 2. The molecule has 1 saturated heterocycles. The summed E-state index contributed by atoms with van der Waals surface area (Å²) < 4.78 is 15.0. The van der Waals surface area contributed by atoms with Gasteiger partial charge in [-0.05, 0) is 55.5 Å². The average molecular weight is 446 g/mol. The number of anilines is 1. The molecule has 7 heteroatoms. The van der Waals surface area contributed by atoms with Crippen LogP contribution in [0.15, 0.2) is 72.8 Å². The highest BCUT2D eigenvalue weighted by Crippen LogP contribution is 2.26. The number of halogens is 1. The van der Waals surface area contributed by atoms with Crippen LogP contribution < -0.4 is 15.6 Å². The number of aryl methyl sites for hydroxylation is 1. The number of hydrazine groups is 1. The summed E-state index contributed by atoms with van der Waals surface area (Å²) in [5.74, 6) is -1.19. The Morgan fingerprint density at radius 1 is 1.00 bits per heavy atom. The van der Waals surface area contributed by atoms with Crippen LogP contribution in [0.25, 0.3) is 0 Å². The number of nitrogens with zero attached hydrogens (tertiary/aromatic N) is 2. The zero-order valence-corrected chi connectivity index (χ0v) is 18.7. The maximum Gasteiger partial charge on any atom is 0.304 e. The van der Waals surface area contributed by atoms with E-state index in [-0.39, 0.29) is 11.5 Å². The lowest BCUT2D eigenvalue weighted by Gasteiger charge is -2.15. The van der Waals surface area contributed by atoms with Crippen molar-refractivity contribution in [2.75, 3.05) is 19.0 Å². The molecule has 2 unspecified atom stereocenters. The van der Waals surface area contributed by atoms with E-state index in [0.717, 1.165) is 22.4 Å². The van der Waals surface area contributed by atoms with Gasteiger partial charge in [0, 0.05) is 36.5 Å².